The number of carbonyl (C=O) groups excluding carboxylic acids is 1. The second kappa shape index (κ2) is 10.2. The van der Waals surface area contributed by atoms with Gasteiger partial charge < -0.3 is 24.4 Å². The van der Waals surface area contributed by atoms with Gasteiger partial charge in [-0.15, -0.1) is 24.0 Å². The number of rotatable bonds is 4. The van der Waals surface area contributed by atoms with E-state index in [1.54, 1.807) is 12.1 Å². The fourth-order valence-corrected chi connectivity index (χ4v) is 4.18. The second-order valence-electron chi connectivity index (χ2n) is 7.61. The molecule has 3 heterocycles. The van der Waals surface area contributed by atoms with Crippen molar-refractivity contribution in [3.63, 3.8) is 0 Å². The van der Waals surface area contributed by atoms with E-state index in [-0.39, 0.29) is 29.9 Å². The number of carbonyl (C=O) groups is 1. The molecule has 162 valence electrons. The quantitative estimate of drug-likeness (QED) is 0.380. The Morgan fingerprint density at radius 1 is 1.10 bits per heavy atom. The molecular weight excluding hydrogens is 493 g/mol. The van der Waals surface area contributed by atoms with Crippen LogP contribution in [0.4, 0.5) is 5.69 Å². The molecule has 1 saturated heterocycles. The van der Waals surface area contributed by atoms with E-state index in [9.17, 15) is 4.79 Å². The number of aliphatic imine (C=N–C) groups is 1. The first kappa shape index (κ1) is 22.5. The van der Waals surface area contributed by atoms with Crippen LogP contribution < -0.4 is 10.2 Å². The molecule has 2 aromatic rings. The number of furan rings is 1. The van der Waals surface area contributed by atoms with Crippen molar-refractivity contribution in [2.75, 3.05) is 51.2 Å². The Morgan fingerprint density at radius 2 is 1.83 bits per heavy atom. The predicted molar refractivity (Wildman–Crippen MR) is 130 cm³/mol. The van der Waals surface area contributed by atoms with Crippen LogP contribution in [-0.2, 0) is 6.42 Å². The average molecular weight is 523 g/mol. The fraction of sp³-hybridized carbons (Fsp3) is 0.455. The zero-order chi connectivity index (χ0) is 20.2. The summed E-state index contributed by atoms with van der Waals surface area (Å²) in [5.41, 5.74) is 2.78. The first-order valence-electron chi connectivity index (χ1n) is 10.3. The number of benzene rings is 1. The van der Waals surface area contributed by atoms with Gasteiger partial charge in [0, 0.05) is 58.0 Å². The molecule has 1 unspecified atom stereocenters. The summed E-state index contributed by atoms with van der Waals surface area (Å²) in [6.45, 7) is 6.98. The number of hydrogen-bond acceptors (Lipinski definition) is 4. The number of halogens is 1. The maximum Gasteiger partial charge on any atom is 0.289 e. The van der Waals surface area contributed by atoms with E-state index in [1.165, 1.54) is 17.5 Å². The second-order valence-corrected chi connectivity index (χ2v) is 7.61. The summed E-state index contributed by atoms with van der Waals surface area (Å²) >= 11 is 0. The van der Waals surface area contributed by atoms with E-state index in [0.717, 1.165) is 38.6 Å². The van der Waals surface area contributed by atoms with Crippen LogP contribution in [0.3, 0.4) is 0 Å². The largest absolute Gasteiger partial charge is 0.459 e. The topological polar surface area (TPSA) is 64.3 Å². The molecule has 1 atom stereocenters. The molecule has 2 aliphatic rings. The van der Waals surface area contributed by atoms with Crippen molar-refractivity contribution in [3.05, 3.63) is 54.0 Å². The molecule has 0 radical (unpaired) electrons. The van der Waals surface area contributed by atoms with Crippen molar-refractivity contribution in [2.24, 2.45) is 4.99 Å². The van der Waals surface area contributed by atoms with Crippen LogP contribution in [0.2, 0.25) is 0 Å². The summed E-state index contributed by atoms with van der Waals surface area (Å²) in [6, 6.07) is 12.5. The van der Waals surface area contributed by atoms with Gasteiger partial charge in [0.1, 0.15) is 0 Å². The summed E-state index contributed by atoms with van der Waals surface area (Å²) in [6.07, 6.45) is 2.65. The normalized spacial score (nSPS) is 17.4. The van der Waals surface area contributed by atoms with E-state index < -0.39 is 0 Å². The van der Waals surface area contributed by atoms with Crippen molar-refractivity contribution in [1.82, 2.24) is 15.1 Å². The highest BCUT2D eigenvalue weighted by Gasteiger charge is 2.26. The minimum atomic E-state index is -0.0427. The highest BCUT2D eigenvalue weighted by molar-refractivity contribution is 14.0. The van der Waals surface area contributed by atoms with Gasteiger partial charge in [0.05, 0.1) is 6.26 Å². The number of guanidine groups is 1. The van der Waals surface area contributed by atoms with Crippen molar-refractivity contribution in [3.8, 4) is 0 Å². The average Bonchev–Trinajstić information content (AvgIpc) is 3.44. The number of piperazine rings is 1. The summed E-state index contributed by atoms with van der Waals surface area (Å²) < 4.78 is 5.24. The molecule has 0 bridgehead atoms. The van der Waals surface area contributed by atoms with Crippen LogP contribution >= 0.6 is 24.0 Å². The minimum absolute atomic E-state index is 0. The van der Waals surface area contributed by atoms with Crippen LogP contribution in [0.1, 0.15) is 23.0 Å². The summed E-state index contributed by atoms with van der Waals surface area (Å²) in [5, 5.41) is 3.53. The van der Waals surface area contributed by atoms with Crippen LogP contribution in [0, 0.1) is 0 Å². The molecule has 7 nitrogen and oxygen atoms in total. The standard InChI is InChI=1S/C22H29N5O2.HI/c1-17(27-10-9-18-6-3-4-7-19(18)27)16-24-22(23-2)26-13-11-25(12-14-26)21(28)20-8-5-15-29-20;/h3-8,15,17H,9-14,16H2,1-2H3,(H,23,24);1H. The van der Waals surface area contributed by atoms with E-state index in [4.69, 9.17) is 4.42 Å². The lowest BCUT2D eigenvalue weighted by atomic mass is 10.2. The number of hydrogen-bond donors (Lipinski definition) is 1. The van der Waals surface area contributed by atoms with Gasteiger partial charge in [-0.3, -0.25) is 9.79 Å². The van der Waals surface area contributed by atoms with Gasteiger partial charge in [-0.25, -0.2) is 0 Å². The van der Waals surface area contributed by atoms with Crippen molar-refractivity contribution >= 4 is 41.5 Å². The first-order valence-corrected chi connectivity index (χ1v) is 10.3. The number of nitrogens with one attached hydrogen (secondary N) is 1. The Balaban J connectivity index is 0.00000256. The molecule has 1 aromatic carbocycles. The molecule has 0 aliphatic carbocycles. The molecule has 0 saturated carbocycles. The molecule has 8 heteroatoms. The number of amides is 1. The van der Waals surface area contributed by atoms with Crippen LogP contribution in [0.25, 0.3) is 0 Å². The highest BCUT2D eigenvalue weighted by atomic mass is 127. The molecule has 1 N–H and O–H groups in total. The molecular formula is C22H30IN5O2. The Morgan fingerprint density at radius 3 is 2.53 bits per heavy atom. The SMILES string of the molecule is CN=C(NCC(C)N1CCc2ccccc21)N1CCN(C(=O)c2ccco2)CC1.I. The fourth-order valence-electron chi connectivity index (χ4n) is 4.18. The van der Waals surface area contributed by atoms with Gasteiger partial charge in [0.25, 0.3) is 5.91 Å². The lowest BCUT2D eigenvalue weighted by Gasteiger charge is -2.37. The summed E-state index contributed by atoms with van der Waals surface area (Å²) in [5.74, 6) is 1.26. The van der Waals surface area contributed by atoms with Gasteiger partial charge in [0.15, 0.2) is 11.7 Å². The number of anilines is 1. The van der Waals surface area contributed by atoms with Gasteiger partial charge in [0.2, 0.25) is 0 Å². The molecule has 2 aliphatic heterocycles. The number of nitrogens with zero attached hydrogens (tertiary/aromatic N) is 4. The van der Waals surface area contributed by atoms with Crippen molar-refractivity contribution in [2.45, 2.75) is 19.4 Å². The van der Waals surface area contributed by atoms with Crippen molar-refractivity contribution in [1.29, 1.82) is 0 Å². The number of fused-ring (bicyclic) bond motifs is 1. The molecule has 30 heavy (non-hydrogen) atoms. The first-order chi connectivity index (χ1) is 14.2. The Kier molecular flexibility index (Phi) is 7.63. The Hall–Kier alpha value is -2.23. The predicted octanol–water partition coefficient (Wildman–Crippen LogP) is 2.68. The maximum absolute atomic E-state index is 12.4. The van der Waals surface area contributed by atoms with Gasteiger partial charge in [-0.2, -0.15) is 0 Å². The molecule has 1 fully saturated rings. The maximum atomic E-state index is 12.4. The van der Waals surface area contributed by atoms with E-state index in [1.807, 2.05) is 11.9 Å². The third kappa shape index (κ3) is 4.74. The Bertz CT molecular complexity index is 862. The summed E-state index contributed by atoms with van der Waals surface area (Å²) in [4.78, 5) is 23.4. The van der Waals surface area contributed by atoms with Crippen molar-refractivity contribution < 1.29 is 9.21 Å². The monoisotopic (exact) mass is 523 g/mol. The van der Waals surface area contributed by atoms with Gasteiger partial charge >= 0.3 is 0 Å². The Labute approximate surface area is 195 Å². The molecule has 0 spiro atoms. The highest BCUT2D eigenvalue weighted by Crippen LogP contribution is 2.28. The van der Waals surface area contributed by atoms with Crippen LogP contribution in [0.5, 0.6) is 0 Å². The lowest BCUT2D eigenvalue weighted by Crippen LogP contribution is -2.55. The van der Waals surface area contributed by atoms with Crippen LogP contribution in [-0.4, -0.2) is 74.0 Å². The summed E-state index contributed by atoms with van der Waals surface area (Å²) in [7, 11) is 1.82. The van der Waals surface area contributed by atoms with E-state index >= 15 is 0 Å². The zero-order valence-corrected chi connectivity index (χ0v) is 19.9. The molecule has 4 rings (SSSR count). The number of para-hydroxylation sites is 1. The minimum Gasteiger partial charge on any atom is -0.459 e. The third-order valence-electron chi connectivity index (χ3n) is 5.82. The third-order valence-corrected chi connectivity index (χ3v) is 5.82. The van der Waals surface area contributed by atoms with Gasteiger partial charge in [-0.1, -0.05) is 18.2 Å². The van der Waals surface area contributed by atoms with E-state index in [0.29, 0.717) is 24.9 Å². The smallest absolute Gasteiger partial charge is 0.289 e. The van der Waals surface area contributed by atoms with Gasteiger partial charge in [-0.05, 0) is 37.1 Å². The van der Waals surface area contributed by atoms with E-state index in [2.05, 4.69) is 51.3 Å². The van der Waals surface area contributed by atoms with Crippen LogP contribution in [0.15, 0.2) is 52.1 Å². The zero-order valence-electron chi connectivity index (χ0n) is 17.6. The molecule has 1 aromatic heterocycles. The lowest BCUT2D eigenvalue weighted by molar-refractivity contribution is 0.0657. The molecule has 1 amide bonds.